The normalized spacial score (nSPS) is 11.6. The number of hydrogen-bond donors (Lipinski definition) is 1. The Bertz CT molecular complexity index is 1120. The van der Waals surface area contributed by atoms with Gasteiger partial charge in [-0.1, -0.05) is 24.3 Å². The molecular weight excluding hydrogens is 412 g/mol. The predicted octanol–water partition coefficient (Wildman–Crippen LogP) is 3.34. The fourth-order valence-corrected chi connectivity index (χ4v) is 5.40. The van der Waals surface area contributed by atoms with Gasteiger partial charge in [0.05, 0.1) is 18.7 Å². The van der Waals surface area contributed by atoms with Gasteiger partial charge in [-0.2, -0.15) is 4.31 Å². The van der Waals surface area contributed by atoms with E-state index in [9.17, 15) is 18.0 Å². The van der Waals surface area contributed by atoms with E-state index in [-0.39, 0.29) is 17.4 Å². The van der Waals surface area contributed by atoms with Crippen molar-refractivity contribution in [3.05, 3.63) is 60.2 Å². The van der Waals surface area contributed by atoms with Crippen molar-refractivity contribution < 1.29 is 22.7 Å². The number of carbonyl (C=O) groups is 2. The molecule has 0 fully saturated rings. The number of benzene rings is 2. The summed E-state index contributed by atoms with van der Waals surface area (Å²) in [4.78, 5) is 24.2. The van der Waals surface area contributed by atoms with E-state index in [1.54, 1.807) is 31.2 Å². The van der Waals surface area contributed by atoms with Crippen LogP contribution >= 0.6 is 11.3 Å². The third kappa shape index (κ3) is 4.81. The van der Waals surface area contributed by atoms with Gasteiger partial charge < -0.3 is 10.1 Å². The van der Waals surface area contributed by atoms with Crippen molar-refractivity contribution in [2.45, 2.75) is 11.1 Å². The van der Waals surface area contributed by atoms with Gasteiger partial charge in [0.2, 0.25) is 5.91 Å². The average molecular weight is 433 g/mol. The average Bonchev–Trinajstić information content (AvgIpc) is 3.13. The van der Waals surface area contributed by atoms with E-state index in [0.717, 1.165) is 25.7 Å². The van der Waals surface area contributed by atoms with Crippen molar-refractivity contribution in [2.24, 2.45) is 0 Å². The van der Waals surface area contributed by atoms with Gasteiger partial charge in [-0.05, 0) is 42.6 Å². The van der Waals surface area contributed by atoms with E-state index < -0.39 is 21.9 Å². The fourth-order valence-electron chi connectivity index (χ4n) is 2.66. The summed E-state index contributed by atoms with van der Waals surface area (Å²) in [6.45, 7) is 1.59. The summed E-state index contributed by atoms with van der Waals surface area (Å²) in [5.41, 5.74) is 0.684. The second-order valence-corrected chi connectivity index (χ2v) is 9.57. The van der Waals surface area contributed by atoms with Crippen LogP contribution in [0.1, 0.15) is 17.3 Å². The van der Waals surface area contributed by atoms with Crippen LogP contribution in [0.5, 0.6) is 0 Å². The molecule has 3 aromatic rings. The molecule has 0 bridgehead atoms. The van der Waals surface area contributed by atoms with Crippen molar-refractivity contribution in [2.75, 3.05) is 25.5 Å². The number of thiophene rings is 1. The lowest BCUT2D eigenvalue weighted by Gasteiger charge is -2.16. The molecule has 0 atom stereocenters. The molecule has 0 saturated carbocycles. The molecule has 0 saturated heterocycles. The zero-order valence-electron chi connectivity index (χ0n) is 15.9. The lowest BCUT2D eigenvalue weighted by molar-refractivity contribution is -0.116. The lowest BCUT2D eigenvalue weighted by atomic mass is 10.2. The first-order chi connectivity index (χ1) is 13.8. The summed E-state index contributed by atoms with van der Waals surface area (Å²) < 4.78 is 32.6. The Morgan fingerprint density at radius 3 is 2.59 bits per heavy atom. The highest BCUT2D eigenvalue weighted by Gasteiger charge is 2.25. The Morgan fingerprint density at radius 2 is 1.86 bits per heavy atom. The quantitative estimate of drug-likeness (QED) is 0.578. The number of carbonyl (C=O) groups excluding carboxylic acids is 2. The van der Waals surface area contributed by atoms with Crippen molar-refractivity contribution in [1.29, 1.82) is 0 Å². The minimum Gasteiger partial charge on any atom is -0.462 e. The third-order valence-electron chi connectivity index (χ3n) is 4.09. The maximum absolute atomic E-state index is 12.8. The minimum atomic E-state index is -3.80. The van der Waals surface area contributed by atoms with E-state index >= 15 is 0 Å². The van der Waals surface area contributed by atoms with E-state index in [0.29, 0.717) is 11.3 Å². The highest BCUT2D eigenvalue weighted by molar-refractivity contribution is 7.91. The topological polar surface area (TPSA) is 92.8 Å². The predicted molar refractivity (Wildman–Crippen MR) is 113 cm³/mol. The molecule has 0 aliphatic rings. The molecule has 1 aromatic heterocycles. The summed E-state index contributed by atoms with van der Waals surface area (Å²) in [5.74, 6) is -1.01. The van der Waals surface area contributed by atoms with Crippen LogP contribution in [0.3, 0.4) is 0 Å². The number of fused-ring (bicyclic) bond motifs is 1. The van der Waals surface area contributed by atoms with Gasteiger partial charge >= 0.3 is 5.97 Å². The number of esters is 1. The van der Waals surface area contributed by atoms with Crippen LogP contribution in [0.25, 0.3) is 10.1 Å². The Balaban J connectivity index is 1.70. The number of amides is 1. The van der Waals surface area contributed by atoms with Crippen LogP contribution in [0, 0.1) is 0 Å². The molecule has 1 heterocycles. The smallest absolute Gasteiger partial charge is 0.338 e. The second kappa shape index (κ2) is 8.73. The van der Waals surface area contributed by atoms with Crippen molar-refractivity contribution in [3.63, 3.8) is 0 Å². The first kappa shape index (κ1) is 21.0. The Morgan fingerprint density at radius 1 is 1.10 bits per heavy atom. The summed E-state index contributed by atoms with van der Waals surface area (Å²) in [5, 5.41) is 3.45. The molecular formula is C20H20N2O5S2. The number of hydrogen-bond acceptors (Lipinski definition) is 6. The second-order valence-electron chi connectivity index (χ2n) is 6.21. The maximum Gasteiger partial charge on any atom is 0.338 e. The number of nitrogens with one attached hydrogen (secondary N) is 1. The van der Waals surface area contributed by atoms with Crippen LogP contribution in [-0.2, 0) is 19.6 Å². The highest BCUT2D eigenvalue weighted by Crippen LogP contribution is 2.30. The van der Waals surface area contributed by atoms with Gasteiger partial charge in [-0.15, -0.1) is 11.3 Å². The van der Waals surface area contributed by atoms with Crippen molar-refractivity contribution in [1.82, 2.24) is 4.31 Å². The van der Waals surface area contributed by atoms with E-state index in [4.69, 9.17) is 4.74 Å². The van der Waals surface area contributed by atoms with Crippen LogP contribution in [0.2, 0.25) is 0 Å². The largest absolute Gasteiger partial charge is 0.462 e. The molecule has 1 N–H and O–H groups in total. The highest BCUT2D eigenvalue weighted by atomic mass is 32.2. The number of likely N-dealkylation sites (N-methyl/N-ethyl adjacent to an activating group) is 1. The third-order valence-corrected chi connectivity index (χ3v) is 7.46. The van der Waals surface area contributed by atoms with Gasteiger partial charge in [0.25, 0.3) is 10.0 Å². The monoisotopic (exact) mass is 432 g/mol. The van der Waals surface area contributed by atoms with Crippen molar-refractivity contribution in [3.8, 4) is 0 Å². The zero-order valence-corrected chi connectivity index (χ0v) is 17.5. The number of sulfonamides is 1. The number of ether oxygens (including phenoxy) is 1. The molecule has 0 unspecified atom stereocenters. The van der Waals surface area contributed by atoms with Crippen LogP contribution in [-0.4, -0.2) is 44.8 Å². The van der Waals surface area contributed by atoms with Gasteiger partial charge in [0.1, 0.15) is 4.21 Å². The number of rotatable bonds is 7. The SMILES string of the molecule is CCOC(=O)c1cccc(NC(=O)CN(C)S(=O)(=O)c2cc3ccccc3s2)c1. The molecule has 0 aliphatic carbocycles. The molecule has 152 valence electrons. The van der Waals surface area contributed by atoms with Crippen LogP contribution in [0.4, 0.5) is 5.69 Å². The summed E-state index contributed by atoms with van der Waals surface area (Å²) in [6.07, 6.45) is 0. The Kier molecular flexibility index (Phi) is 6.31. The zero-order chi connectivity index (χ0) is 21.0. The van der Waals surface area contributed by atoms with Crippen molar-refractivity contribution >= 4 is 49.0 Å². The molecule has 0 aliphatic heterocycles. The van der Waals surface area contributed by atoms with E-state index in [1.807, 2.05) is 24.3 Å². The first-order valence-electron chi connectivity index (χ1n) is 8.83. The van der Waals surface area contributed by atoms with E-state index in [2.05, 4.69) is 5.32 Å². The number of nitrogens with zero attached hydrogens (tertiary/aromatic N) is 1. The fraction of sp³-hybridized carbons (Fsp3) is 0.200. The Labute approximate surface area is 173 Å². The lowest BCUT2D eigenvalue weighted by Crippen LogP contribution is -2.34. The number of anilines is 1. The van der Waals surface area contributed by atoms with Crippen LogP contribution in [0.15, 0.2) is 58.8 Å². The molecule has 3 rings (SSSR count). The summed E-state index contributed by atoms with van der Waals surface area (Å²) >= 11 is 1.16. The van der Waals surface area contributed by atoms with Gasteiger partial charge in [0.15, 0.2) is 0 Å². The molecule has 1 amide bonds. The minimum absolute atomic E-state index is 0.179. The first-order valence-corrected chi connectivity index (χ1v) is 11.1. The molecule has 2 aromatic carbocycles. The Hall–Kier alpha value is -2.75. The standard InChI is InChI=1S/C20H20N2O5S2/c1-3-27-20(24)15-8-6-9-16(11-15)21-18(23)13-22(2)29(25,26)19-12-14-7-4-5-10-17(14)28-19/h4-12H,3,13H2,1-2H3,(H,21,23). The molecule has 7 nitrogen and oxygen atoms in total. The molecule has 0 radical (unpaired) electrons. The molecule has 0 spiro atoms. The van der Waals surface area contributed by atoms with Crippen LogP contribution < -0.4 is 5.32 Å². The summed E-state index contributed by atoms with van der Waals surface area (Å²) in [6, 6.07) is 15.3. The van der Waals surface area contributed by atoms with Gasteiger partial charge in [-0.3, -0.25) is 4.79 Å². The molecule has 29 heavy (non-hydrogen) atoms. The van der Waals surface area contributed by atoms with Gasteiger partial charge in [0, 0.05) is 17.4 Å². The molecule has 9 heteroatoms. The van der Waals surface area contributed by atoms with Gasteiger partial charge in [-0.25, -0.2) is 13.2 Å². The summed E-state index contributed by atoms with van der Waals surface area (Å²) in [7, 11) is -2.44. The maximum atomic E-state index is 12.8. The van der Waals surface area contributed by atoms with E-state index in [1.165, 1.54) is 13.1 Å².